The Morgan fingerprint density at radius 2 is 1.83 bits per heavy atom. The first-order chi connectivity index (χ1) is 13.9. The summed E-state index contributed by atoms with van der Waals surface area (Å²) < 4.78 is 78.7. The fourth-order valence-corrected chi connectivity index (χ4v) is 3.65. The van der Waals surface area contributed by atoms with Gasteiger partial charge in [0.25, 0.3) is 0 Å². The Morgan fingerprint density at radius 3 is 2.47 bits per heavy atom. The van der Waals surface area contributed by atoms with Crippen LogP contribution in [-0.4, -0.2) is 35.2 Å². The van der Waals surface area contributed by atoms with Gasteiger partial charge in [0.05, 0.1) is 11.1 Å². The van der Waals surface area contributed by atoms with Crippen LogP contribution in [0.1, 0.15) is 28.2 Å². The van der Waals surface area contributed by atoms with Crippen molar-refractivity contribution in [2.75, 3.05) is 13.6 Å². The number of carbonyl (C=O) groups is 2. The molecule has 10 heteroatoms. The molecule has 0 spiro atoms. The third kappa shape index (κ3) is 4.31. The zero-order valence-corrected chi connectivity index (χ0v) is 15.6. The number of alkyl halides is 6. The number of rotatable bonds is 4. The van der Waals surface area contributed by atoms with E-state index in [-0.39, 0.29) is 17.7 Å². The minimum Gasteiger partial charge on any atom is -0.344 e. The molecule has 0 bridgehead atoms. The fourth-order valence-electron chi connectivity index (χ4n) is 3.65. The van der Waals surface area contributed by atoms with Gasteiger partial charge in [-0.1, -0.05) is 18.2 Å². The minimum absolute atomic E-state index is 0.0181. The number of Topliss-reactive ketones (excluding diaryl/α,β-unsaturated/α-hetero) is 1. The van der Waals surface area contributed by atoms with Crippen molar-refractivity contribution in [2.45, 2.75) is 24.7 Å². The lowest BCUT2D eigenvalue weighted by atomic mass is 9.83. The lowest BCUT2D eigenvalue weighted by Crippen LogP contribution is -2.30. The van der Waals surface area contributed by atoms with E-state index in [2.05, 4.69) is 4.98 Å². The summed E-state index contributed by atoms with van der Waals surface area (Å²) in [6.45, 7) is -0.0181. The van der Waals surface area contributed by atoms with Crippen LogP contribution < -0.4 is 0 Å². The summed E-state index contributed by atoms with van der Waals surface area (Å²) in [7, 11) is 1.39. The number of amides is 1. The van der Waals surface area contributed by atoms with Crippen molar-refractivity contribution in [3.63, 3.8) is 0 Å². The third-order valence-corrected chi connectivity index (χ3v) is 5.08. The van der Waals surface area contributed by atoms with Crippen LogP contribution >= 0.6 is 0 Å². The molecule has 2 heterocycles. The van der Waals surface area contributed by atoms with Crippen molar-refractivity contribution in [1.82, 2.24) is 9.88 Å². The molecule has 0 saturated carbocycles. The number of nitrogens with zero attached hydrogens (tertiary/aromatic N) is 2. The summed E-state index contributed by atoms with van der Waals surface area (Å²) >= 11 is 0. The zero-order chi connectivity index (χ0) is 22.3. The summed E-state index contributed by atoms with van der Waals surface area (Å²) in [4.78, 5) is 30.2. The molecule has 1 amide bonds. The van der Waals surface area contributed by atoms with E-state index >= 15 is 0 Å². The average molecular weight is 430 g/mol. The van der Waals surface area contributed by atoms with Crippen LogP contribution in [0.2, 0.25) is 0 Å². The van der Waals surface area contributed by atoms with E-state index < -0.39 is 53.4 Å². The number of likely N-dealkylation sites (tertiary alicyclic amines) is 1. The van der Waals surface area contributed by atoms with Gasteiger partial charge in [-0.15, -0.1) is 0 Å². The zero-order valence-electron chi connectivity index (χ0n) is 15.6. The largest absolute Gasteiger partial charge is 0.416 e. The second-order valence-electron chi connectivity index (χ2n) is 7.10. The van der Waals surface area contributed by atoms with Crippen LogP contribution in [0.25, 0.3) is 0 Å². The van der Waals surface area contributed by atoms with E-state index in [0.29, 0.717) is 0 Å². The highest BCUT2D eigenvalue weighted by Crippen LogP contribution is 2.38. The maximum atomic E-state index is 13.2. The number of pyridine rings is 1. The lowest BCUT2D eigenvalue weighted by Gasteiger charge is -2.18. The molecule has 2 aromatic rings. The molecule has 160 valence electrons. The second kappa shape index (κ2) is 7.73. The van der Waals surface area contributed by atoms with Crippen LogP contribution in [0, 0.1) is 5.92 Å². The number of hydrogen-bond donors (Lipinski definition) is 0. The maximum Gasteiger partial charge on any atom is 0.416 e. The van der Waals surface area contributed by atoms with Gasteiger partial charge < -0.3 is 4.90 Å². The molecule has 30 heavy (non-hydrogen) atoms. The number of carbonyl (C=O) groups excluding carboxylic acids is 2. The van der Waals surface area contributed by atoms with Crippen molar-refractivity contribution in [3.05, 3.63) is 65.0 Å². The number of hydrogen-bond acceptors (Lipinski definition) is 3. The number of ketones is 1. The number of benzene rings is 1. The van der Waals surface area contributed by atoms with Gasteiger partial charge in [0.1, 0.15) is 11.7 Å². The first-order valence-corrected chi connectivity index (χ1v) is 8.84. The number of aromatic nitrogens is 1. The van der Waals surface area contributed by atoms with Crippen LogP contribution in [0.5, 0.6) is 0 Å². The Hall–Kier alpha value is -2.91. The summed E-state index contributed by atoms with van der Waals surface area (Å²) in [6.07, 6.45) is -8.18. The SMILES string of the molecule is CN1C[C@H](c2cccc(C(F)(F)F)c2)[C@@H](C(=O)Cc2cnccc2C(F)(F)F)C1=O. The Kier molecular flexibility index (Phi) is 5.62. The Balaban J connectivity index is 1.94. The number of likely N-dealkylation sites (N-methyl/N-ethyl adjacent to an activating group) is 1. The van der Waals surface area contributed by atoms with Gasteiger partial charge in [-0.3, -0.25) is 14.6 Å². The second-order valence-corrected chi connectivity index (χ2v) is 7.10. The summed E-state index contributed by atoms with van der Waals surface area (Å²) in [5, 5.41) is 0. The van der Waals surface area contributed by atoms with Gasteiger partial charge in [-0.05, 0) is 23.3 Å². The van der Waals surface area contributed by atoms with Gasteiger partial charge in [0.2, 0.25) is 5.91 Å². The van der Waals surface area contributed by atoms with Crippen LogP contribution in [0.3, 0.4) is 0 Å². The molecule has 1 fully saturated rings. The average Bonchev–Trinajstić information content (AvgIpc) is 2.96. The first-order valence-electron chi connectivity index (χ1n) is 8.84. The van der Waals surface area contributed by atoms with Crippen LogP contribution in [0.4, 0.5) is 26.3 Å². The molecule has 1 aliphatic heterocycles. The van der Waals surface area contributed by atoms with Gasteiger partial charge in [0, 0.05) is 38.3 Å². The highest BCUT2D eigenvalue weighted by molar-refractivity contribution is 6.04. The first kappa shape index (κ1) is 21.8. The van der Waals surface area contributed by atoms with Crippen molar-refractivity contribution >= 4 is 11.7 Å². The molecular weight excluding hydrogens is 414 g/mol. The molecule has 3 rings (SSSR count). The van der Waals surface area contributed by atoms with Crippen molar-refractivity contribution < 1.29 is 35.9 Å². The molecule has 0 aliphatic carbocycles. The van der Waals surface area contributed by atoms with E-state index in [1.54, 1.807) is 0 Å². The third-order valence-electron chi connectivity index (χ3n) is 5.08. The molecule has 4 nitrogen and oxygen atoms in total. The smallest absolute Gasteiger partial charge is 0.344 e. The van der Waals surface area contributed by atoms with Crippen molar-refractivity contribution in [2.24, 2.45) is 5.92 Å². The molecule has 1 aliphatic rings. The van der Waals surface area contributed by atoms with E-state index in [1.807, 2.05) is 0 Å². The van der Waals surface area contributed by atoms with Crippen LogP contribution in [0.15, 0.2) is 42.7 Å². The number of halogens is 6. The molecule has 1 saturated heterocycles. The lowest BCUT2D eigenvalue weighted by molar-refractivity contribution is -0.139. The predicted octanol–water partition coefficient (Wildman–Crippen LogP) is 4.10. The topological polar surface area (TPSA) is 50.3 Å². The normalized spacial score (nSPS) is 20.0. The summed E-state index contributed by atoms with van der Waals surface area (Å²) in [6, 6.07) is 5.01. The minimum atomic E-state index is -4.71. The van der Waals surface area contributed by atoms with E-state index in [0.717, 1.165) is 30.6 Å². The molecule has 1 aromatic carbocycles. The fraction of sp³-hybridized carbons (Fsp3) is 0.350. The maximum absolute atomic E-state index is 13.2. The van der Waals surface area contributed by atoms with Crippen LogP contribution in [-0.2, 0) is 28.4 Å². The quantitative estimate of drug-likeness (QED) is 0.542. The van der Waals surface area contributed by atoms with E-state index in [1.165, 1.54) is 24.1 Å². The Bertz CT molecular complexity index is 970. The Labute approximate surface area is 167 Å². The molecule has 0 unspecified atom stereocenters. The van der Waals surface area contributed by atoms with Crippen molar-refractivity contribution in [1.29, 1.82) is 0 Å². The molecule has 2 atom stereocenters. The van der Waals surface area contributed by atoms with Gasteiger partial charge in [0.15, 0.2) is 0 Å². The van der Waals surface area contributed by atoms with Gasteiger partial charge >= 0.3 is 12.4 Å². The summed E-state index contributed by atoms with van der Waals surface area (Å²) in [5.41, 5.74) is -2.23. The van der Waals surface area contributed by atoms with Gasteiger partial charge in [-0.2, -0.15) is 26.3 Å². The molecule has 0 radical (unpaired) electrons. The molecule has 0 N–H and O–H groups in total. The van der Waals surface area contributed by atoms with E-state index in [4.69, 9.17) is 0 Å². The van der Waals surface area contributed by atoms with Crippen molar-refractivity contribution in [3.8, 4) is 0 Å². The summed E-state index contributed by atoms with van der Waals surface area (Å²) in [5.74, 6) is -3.71. The molecule has 1 aromatic heterocycles. The van der Waals surface area contributed by atoms with E-state index in [9.17, 15) is 35.9 Å². The monoisotopic (exact) mass is 430 g/mol. The highest BCUT2D eigenvalue weighted by atomic mass is 19.4. The molecular formula is C20H16F6N2O2. The van der Waals surface area contributed by atoms with Gasteiger partial charge in [-0.25, -0.2) is 0 Å². The standard InChI is InChI=1S/C20H16F6N2O2/c1-28-10-14(11-3-2-4-13(7-11)19(21,22)23)17(18(28)30)16(29)8-12-9-27-6-5-15(12)20(24,25)26/h2-7,9,14,17H,8,10H2,1H3/t14-,17+/m1/s1. The predicted molar refractivity (Wildman–Crippen MR) is 93.3 cm³/mol. The highest BCUT2D eigenvalue weighted by Gasteiger charge is 2.45. The Morgan fingerprint density at radius 1 is 1.13 bits per heavy atom.